The van der Waals surface area contributed by atoms with Crippen molar-refractivity contribution in [1.82, 2.24) is 10.6 Å². The second kappa shape index (κ2) is 11.5. The number of hydrogen-bond acceptors (Lipinski definition) is 4. The molecule has 196 valence electrons. The third kappa shape index (κ3) is 8.35. The monoisotopic (exact) mass is 518 g/mol. The Morgan fingerprint density at radius 2 is 0.944 bits per heavy atom. The van der Waals surface area contributed by atoms with Crippen LogP contribution in [0.3, 0.4) is 0 Å². The van der Waals surface area contributed by atoms with Crippen molar-refractivity contribution in [2.24, 2.45) is 0 Å². The molecule has 2 aromatic rings. The van der Waals surface area contributed by atoms with Crippen LogP contribution in [0.25, 0.3) is 0 Å². The number of alkyl halides is 6. The van der Waals surface area contributed by atoms with Crippen molar-refractivity contribution < 1.29 is 45.4 Å². The van der Waals surface area contributed by atoms with Crippen molar-refractivity contribution >= 4 is 11.8 Å². The number of carbonyl (C=O) groups excluding carboxylic acids is 2. The molecule has 0 aliphatic heterocycles. The summed E-state index contributed by atoms with van der Waals surface area (Å²) in [7, 11) is 0. The molecule has 12 heteroatoms. The molecule has 0 bridgehead atoms. The zero-order valence-corrected chi connectivity index (χ0v) is 18.9. The average Bonchev–Trinajstić information content (AvgIpc) is 2.82. The zero-order chi connectivity index (χ0) is 26.3. The molecule has 0 heterocycles. The Morgan fingerprint density at radius 1 is 0.639 bits per heavy atom. The average molecular weight is 518 g/mol. The molecule has 1 aliphatic rings. The summed E-state index contributed by atoms with van der Waals surface area (Å²) in [4.78, 5) is 24.2. The maximum atomic E-state index is 12.6. The zero-order valence-electron chi connectivity index (χ0n) is 18.9. The number of carbonyl (C=O) groups is 2. The van der Waals surface area contributed by atoms with E-state index in [0.717, 1.165) is 48.5 Å². The quantitative estimate of drug-likeness (QED) is 0.496. The molecule has 2 aromatic carbocycles. The molecular weight excluding hydrogens is 494 g/mol. The minimum Gasteiger partial charge on any atom is -0.484 e. The molecule has 2 amide bonds. The summed E-state index contributed by atoms with van der Waals surface area (Å²) in [5.41, 5.74) is -1.62. The Morgan fingerprint density at radius 3 is 1.22 bits per heavy atom. The van der Waals surface area contributed by atoms with Gasteiger partial charge in [-0.3, -0.25) is 9.59 Å². The number of amides is 2. The molecule has 0 atom stereocenters. The van der Waals surface area contributed by atoms with E-state index < -0.39 is 35.3 Å². The summed E-state index contributed by atoms with van der Waals surface area (Å²) in [6.07, 6.45) is -6.53. The van der Waals surface area contributed by atoms with Crippen molar-refractivity contribution in [3.63, 3.8) is 0 Å². The van der Waals surface area contributed by atoms with Crippen molar-refractivity contribution in [2.45, 2.75) is 50.1 Å². The standard InChI is InChI=1S/C24H24F6N2O4/c25-23(26,27)15-1-9-19(10-2-15)35-13-21(33)31-17-5-7-18(8-6-17)32-22(34)14-36-20-11-3-16(4-12-20)24(28,29)30/h1-4,9-12,17-18H,5-8,13-14H2,(H,31,33)(H,32,34). The number of nitrogens with one attached hydrogen (secondary N) is 2. The first kappa shape index (κ1) is 27.2. The molecular formula is C24H24F6N2O4. The molecule has 0 radical (unpaired) electrons. The number of benzene rings is 2. The van der Waals surface area contributed by atoms with Crippen LogP contribution in [-0.4, -0.2) is 37.1 Å². The molecule has 0 saturated heterocycles. The summed E-state index contributed by atoms with van der Waals surface area (Å²) in [6.45, 7) is -0.688. The SMILES string of the molecule is O=C(COc1ccc(C(F)(F)F)cc1)NC1CCC(NC(=O)COc2ccc(C(F)(F)F)cc2)CC1. The van der Waals surface area contributed by atoms with Gasteiger partial charge in [0.1, 0.15) is 11.5 Å². The van der Waals surface area contributed by atoms with Gasteiger partial charge in [-0.1, -0.05) is 0 Å². The lowest BCUT2D eigenvalue weighted by Gasteiger charge is -2.29. The van der Waals surface area contributed by atoms with Gasteiger partial charge in [0.05, 0.1) is 11.1 Å². The molecule has 0 unspecified atom stereocenters. The summed E-state index contributed by atoms with van der Waals surface area (Å²) in [5, 5.41) is 5.60. The molecule has 36 heavy (non-hydrogen) atoms. The predicted octanol–water partition coefficient (Wildman–Crippen LogP) is 4.73. The number of rotatable bonds is 8. The summed E-state index contributed by atoms with van der Waals surface area (Å²) in [5.74, 6) is -0.536. The van der Waals surface area contributed by atoms with Gasteiger partial charge in [0.25, 0.3) is 11.8 Å². The van der Waals surface area contributed by atoms with E-state index >= 15 is 0 Å². The topological polar surface area (TPSA) is 76.7 Å². The van der Waals surface area contributed by atoms with Gasteiger partial charge in [0.15, 0.2) is 13.2 Å². The van der Waals surface area contributed by atoms with E-state index in [1.807, 2.05) is 0 Å². The Bertz CT molecular complexity index is 931. The van der Waals surface area contributed by atoms with Gasteiger partial charge in [-0.2, -0.15) is 26.3 Å². The third-order valence-electron chi connectivity index (χ3n) is 5.56. The van der Waals surface area contributed by atoms with E-state index in [-0.39, 0.29) is 36.8 Å². The maximum Gasteiger partial charge on any atom is 0.416 e. The van der Waals surface area contributed by atoms with E-state index in [4.69, 9.17) is 9.47 Å². The first-order valence-corrected chi connectivity index (χ1v) is 11.1. The Kier molecular flexibility index (Phi) is 8.70. The Labute approximate surface area is 203 Å². The van der Waals surface area contributed by atoms with Gasteiger partial charge in [-0.05, 0) is 74.2 Å². The molecule has 3 rings (SSSR count). The Hall–Kier alpha value is -3.44. The summed E-state index contributed by atoms with van der Waals surface area (Å²) < 4.78 is 85.9. The number of ether oxygens (including phenoxy) is 2. The van der Waals surface area contributed by atoms with Crippen LogP contribution in [0.15, 0.2) is 48.5 Å². The van der Waals surface area contributed by atoms with Gasteiger partial charge in [-0.25, -0.2) is 0 Å². The van der Waals surface area contributed by atoms with Gasteiger partial charge >= 0.3 is 12.4 Å². The van der Waals surface area contributed by atoms with E-state index in [1.54, 1.807) is 0 Å². The van der Waals surface area contributed by atoms with E-state index in [0.29, 0.717) is 25.7 Å². The van der Waals surface area contributed by atoms with Crippen molar-refractivity contribution in [3.8, 4) is 11.5 Å². The molecule has 6 nitrogen and oxygen atoms in total. The lowest BCUT2D eigenvalue weighted by molar-refractivity contribution is -0.138. The minimum absolute atomic E-state index is 0.134. The van der Waals surface area contributed by atoms with E-state index in [1.165, 1.54) is 0 Å². The third-order valence-corrected chi connectivity index (χ3v) is 5.56. The van der Waals surface area contributed by atoms with Crippen LogP contribution in [0.2, 0.25) is 0 Å². The van der Waals surface area contributed by atoms with Gasteiger partial charge in [-0.15, -0.1) is 0 Å². The van der Waals surface area contributed by atoms with Crippen LogP contribution < -0.4 is 20.1 Å². The normalized spacial score (nSPS) is 18.3. The first-order valence-electron chi connectivity index (χ1n) is 11.1. The Balaban J connectivity index is 1.32. The maximum absolute atomic E-state index is 12.6. The fourth-order valence-corrected chi connectivity index (χ4v) is 3.70. The lowest BCUT2D eigenvalue weighted by atomic mass is 9.91. The van der Waals surface area contributed by atoms with Crippen molar-refractivity contribution in [1.29, 1.82) is 0 Å². The molecule has 0 spiro atoms. The lowest BCUT2D eigenvalue weighted by Crippen LogP contribution is -2.45. The number of hydrogen-bond donors (Lipinski definition) is 2. The number of halogens is 6. The highest BCUT2D eigenvalue weighted by atomic mass is 19.4. The smallest absolute Gasteiger partial charge is 0.416 e. The summed E-state index contributed by atoms with van der Waals surface area (Å²) >= 11 is 0. The van der Waals surface area contributed by atoms with Gasteiger partial charge in [0, 0.05) is 12.1 Å². The summed E-state index contributed by atoms with van der Waals surface area (Å²) in [6, 6.07) is 7.80. The van der Waals surface area contributed by atoms with Crippen LogP contribution in [0.1, 0.15) is 36.8 Å². The van der Waals surface area contributed by atoms with Crippen LogP contribution in [-0.2, 0) is 21.9 Å². The molecule has 1 fully saturated rings. The fraction of sp³-hybridized carbons (Fsp3) is 0.417. The highest BCUT2D eigenvalue weighted by Crippen LogP contribution is 2.31. The van der Waals surface area contributed by atoms with Crippen LogP contribution in [0, 0.1) is 0 Å². The molecule has 2 N–H and O–H groups in total. The highest BCUT2D eigenvalue weighted by Gasteiger charge is 2.31. The van der Waals surface area contributed by atoms with Gasteiger partial charge in [0.2, 0.25) is 0 Å². The first-order chi connectivity index (χ1) is 16.9. The second-order valence-corrected chi connectivity index (χ2v) is 8.31. The fourth-order valence-electron chi connectivity index (χ4n) is 3.70. The van der Waals surface area contributed by atoms with E-state index in [9.17, 15) is 35.9 Å². The predicted molar refractivity (Wildman–Crippen MR) is 116 cm³/mol. The van der Waals surface area contributed by atoms with Crippen molar-refractivity contribution in [3.05, 3.63) is 59.7 Å². The minimum atomic E-state index is -4.45. The second-order valence-electron chi connectivity index (χ2n) is 8.31. The largest absolute Gasteiger partial charge is 0.484 e. The van der Waals surface area contributed by atoms with Crippen molar-refractivity contribution in [2.75, 3.05) is 13.2 Å². The molecule has 1 saturated carbocycles. The van der Waals surface area contributed by atoms with Crippen LogP contribution in [0.4, 0.5) is 26.3 Å². The van der Waals surface area contributed by atoms with Gasteiger partial charge < -0.3 is 20.1 Å². The van der Waals surface area contributed by atoms with Crippen LogP contribution in [0.5, 0.6) is 11.5 Å². The van der Waals surface area contributed by atoms with Crippen LogP contribution >= 0.6 is 0 Å². The molecule has 1 aliphatic carbocycles. The highest BCUT2D eigenvalue weighted by molar-refractivity contribution is 5.78. The van der Waals surface area contributed by atoms with E-state index in [2.05, 4.69) is 10.6 Å². The molecule has 0 aromatic heterocycles.